The van der Waals surface area contributed by atoms with E-state index in [2.05, 4.69) is 37.4 Å². The summed E-state index contributed by atoms with van der Waals surface area (Å²) in [5, 5.41) is 2.81. The molecule has 1 amide bonds. The van der Waals surface area contributed by atoms with Crippen LogP contribution in [0.2, 0.25) is 0 Å². The Bertz CT molecular complexity index is 641. The number of amides is 1. The van der Waals surface area contributed by atoms with Gasteiger partial charge in [-0.2, -0.15) is 0 Å². The van der Waals surface area contributed by atoms with Gasteiger partial charge in [0.05, 0.1) is 13.2 Å². The first-order valence-electron chi connectivity index (χ1n) is 8.77. The van der Waals surface area contributed by atoms with E-state index in [1.807, 2.05) is 36.4 Å². The fraction of sp³-hybridized carbons (Fsp3) is 0.381. The van der Waals surface area contributed by atoms with Crippen molar-refractivity contribution in [3.05, 3.63) is 65.7 Å². The Labute approximate surface area is 150 Å². The van der Waals surface area contributed by atoms with Gasteiger partial charge in [0.15, 0.2) is 0 Å². The van der Waals surface area contributed by atoms with Crippen molar-refractivity contribution < 1.29 is 14.3 Å². The lowest BCUT2D eigenvalue weighted by atomic mass is 10.0. The molecule has 0 radical (unpaired) electrons. The van der Waals surface area contributed by atoms with Gasteiger partial charge in [-0.25, -0.2) is 0 Å². The van der Waals surface area contributed by atoms with Crippen LogP contribution in [0.4, 0.5) is 0 Å². The number of hydrogen-bond donors (Lipinski definition) is 1. The summed E-state index contributed by atoms with van der Waals surface area (Å²) < 4.78 is 11.2. The number of ether oxygens (including phenoxy) is 2. The maximum atomic E-state index is 11.7. The molecule has 0 fully saturated rings. The highest BCUT2D eigenvalue weighted by Gasteiger charge is 2.07. The van der Waals surface area contributed by atoms with Gasteiger partial charge in [-0.05, 0) is 29.5 Å². The van der Waals surface area contributed by atoms with E-state index in [-0.39, 0.29) is 12.5 Å². The third-order valence-electron chi connectivity index (χ3n) is 3.83. The van der Waals surface area contributed by atoms with Crippen LogP contribution in [0.5, 0.6) is 5.75 Å². The third-order valence-corrected chi connectivity index (χ3v) is 3.83. The van der Waals surface area contributed by atoms with Gasteiger partial charge in [-0.1, -0.05) is 62.4 Å². The van der Waals surface area contributed by atoms with Gasteiger partial charge >= 0.3 is 0 Å². The fourth-order valence-electron chi connectivity index (χ4n) is 2.49. The average Bonchev–Trinajstić information content (AvgIpc) is 2.63. The van der Waals surface area contributed by atoms with Crippen molar-refractivity contribution in [3.8, 4) is 5.75 Å². The first kappa shape index (κ1) is 19.0. The molecule has 4 heteroatoms. The van der Waals surface area contributed by atoms with E-state index in [1.54, 1.807) is 0 Å². The molecule has 0 spiro atoms. The molecule has 2 aromatic carbocycles. The maximum absolute atomic E-state index is 11.7. The number of hydrogen-bond acceptors (Lipinski definition) is 3. The van der Waals surface area contributed by atoms with Crippen molar-refractivity contribution >= 4 is 5.91 Å². The molecule has 0 aliphatic carbocycles. The van der Waals surface area contributed by atoms with Crippen LogP contribution in [0.15, 0.2) is 54.6 Å². The molecule has 0 unspecified atom stereocenters. The van der Waals surface area contributed by atoms with E-state index in [9.17, 15) is 4.79 Å². The second-order valence-corrected chi connectivity index (χ2v) is 6.18. The highest BCUT2D eigenvalue weighted by molar-refractivity contribution is 5.77. The first-order valence-corrected chi connectivity index (χ1v) is 8.77. The highest BCUT2D eigenvalue weighted by atomic mass is 16.5. The zero-order chi connectivity index (χ0) is 17.9. The van der Waals surface area contributed by atoms with Crippen molar-refractivity contribution in [2.75, 3.05) is 26.4 Å². The predicted molar refractivity (Wildman–Crippen MR) is 100 cm³/mol. The van der Waals surface area contributed by atoms with Gasteiger partial charge < -0.3 is 14.8 Å². The van der Waals surface area contributed by atoms with Gasteiger partial charge in [-0.15, -0.1) is 0 Å². The quantitative estimate of drug-likeness (QED) is 0.672. The van der Waals surface area contributed by atoms with Gasteiger partial charge in [0.2, 0.25) is 5.91 Å². The van der Waals surface area contributed by atoms with Gasteiger partial charge in [0, 0.05) is 0 Å². The molecule has 4 nitrogen and oxygen atoms in total. The number of carbonyl (C=O) groups excluding carboxylic acids is 1. The molecule has 1 N–H and O–H groups in total. The standard InChI is InChI=1S/C21H27NO3/c1-17(2)19-10-6-7-11-20(19)25-15-13-22-21(23)16-24-14-12-18-8-4-3-5-9-18/h3-11,17H,12-16H2,1-2H3,(H,22,23). The van der Waals surface area contributed by atoms with Crippen molar-refractivity contribution in [1.82, 2.24) is 5.32 Å². The molecular formula is C21H27NO3. The van der Waals surface area contributed by atoms with Gasteiger partial charge in [-0.3, -0.25) is 4.79 Å². The van der Waals surface area contributed by atoms with Crippen LogP contribution in [0, 0.1) is 0 Å². The molecular weight excluding hydrogens is 314 g/mol. The molecule has 134 valence electrons. The molecule has 0 aromatic heterocycles. The van der Waals surface area contributed by atoms with Crippen LogP contribution < -0.4 is 10.1 Å². The molecule has 0 saturated heterocycles. The summed E-state index contributed by atoms with van der Waals surface area (Å²) in [4.78, 5) is 11.7. The van der Waals surface area contributed by atoms with E-state index < -0.39 is 0 Å². The third kappa shape index (κ3) is 6.98. The SMILES string of the molecule is CC(C)c1ccccc1OCCNC(=O)COCCc1ccccc1. The Balaban J connectivity index is 1.58. The molecule has 0 aliphatic rings. The smallest absolute Gasteiger partial charge is 0.246 e. The summed E-state index contributed by atoms with van der Waals surface area (Å²) >= 11 is 0. The van der Waals surface area contributed by atoms with Gasteiger partial charge in [0.1, 0.15) is 19.0 Å². The van der Waals surface area contributed by atoms with Crippen LogP contribution in [0.25, 0.3) is 0 Å². The minimum absolute atomic E-state index is 0.0788. The van der Waals surface area contributed by atoms with E-state index >= 15 is 0 Å². The zero-order valence-electron chi connectivity index (χ0n) is 15.0. The lowest BCUT2D eigenvalue weighted by Crippen LogP contribution is -2.31. The molecule has 0 atom stereocenters. The lowest BCUT2D eigenvalue weighted by molar-refractivity contribution is -0.125. The van der Waals surface area contributed by atoms with Crippen molar-refractivity contribution in [3.63, 3.8) is 0 Å². The Hall–Kier alpha value is -2.33. The Morgan fingerprint density at radius 1 is 1.00 bits per heavy atom. The summed E-state index contributed by atoms with van der Waals surface area (Å²) in [6, 6.07) is 18.1. The first-order chi connectivity index (χ1) is 12.2. The minimum atomic E-state index is -0.117. The Morgan fingerprint density at radius 2 is 1.72 bits per heavy atom. The average molecular weight is 341 g/mol. The normalized spacial score (nSPS) is 10.7. The van der Waals surface area contributed by atoms with Crippen LogP contribution in [-0.4, -0.2) is 32.3 Å². The van der Waals surface area contributed by atoms with Crippen LogP contribution in [-0.2, 0) is 16.0 Å². The number of carbonyl (C=O) groups is 1. The molecule has 0 bridgehead atoms. The second-order valence-electron chi connectivity index (χ2n) is 6.18. The van der Waals surface area contributed by atoms with E-state index in [0.717, 1.165) is 12.2 Å². The molecule has 0 aliphatic heterocycles. The minimum Gasteiger partial charge on any atom is -0.491 e. The highest BCUT2D eigenvalue weighted by Crippen LogP contribution is 2.25. The monoisotopic (exact) mass is 341 g/mol. The molecule has 0 saturated carbocycles. The largest absolute Gasteiger partial charge is 0.491 e. The van der Waals surface area contributed by atoms with Crippen LogP contribution in [0.3, 0.4) is 0 Å². The topological polar surface area (TPSA) is 47.6 Å². The molecule has 25 heavy (non-hydrogen) atoms. The van der Waals surface area contributed by atoms with Crippen molar-refractivity contribution in [2.45, 2.75) is 26.2 Å². The fourth-order valence-corrected chi connectivity index (χ4v) is 2.49. The summed E-state index contributed by atoms with van der Waals surface area (Å²) in [6.45, 7) is 5.80. The summed E-state index contributed by atoms with van der Waals surface area (Å²) in [5.74, 6) is 1.17. The van der Waals surface area contributed by atoms with Gasteiger partial charge in [0.25, 0.3) is 0 Å². The molecule has 0 heterocycles. The number of nitrogens with one attached hydrogen (secondary N) is 1. The van der Waals surface area contributed by atoms with Crippen molar-refractivity contribution in [1.29, 1.82) is 0 Å². The van der Waals surface area contributed by atoms with E-state index in [1.165, 1.54) is 11.1 Å². The Kier molecular flexibility index (Phi) is 7.99. The second kappa shape index (κ2) is 10.5. The van der Waals surface area contributed by atoms with Crippen molar-refractivity contribution in [2.24, 2.45) is 0 Å². The Morgan fingerprint density at radius 3 is 2.48 bits per heavy atom. The summed E-state index contributed by atoms with van der Waals surface area (Å²) in [5.41, 5.74) is 2.39. The lowest BCUT2D eigenvalue weighted by Gasteiger charge is -2.14. The van der Waals surface area contributed by atoms with Crippen LogP contribution in [0.1, 0.15) is 30.9 Å². The molecule has 2 rings (SSSR count). The summed E-state index contributed by atoms with van der Waals surface area (Å²) in [7, 11) is 0. The number of rotatable bonds is 10. The van der Waals surface area contributed by atoms with E-state index in [4.69, 9.17) is 9.47 Å². The number of benzene rings is 2. The summed E-state index contributed by atoms with van der Waals surface area (Å²) in [6.07, 6.45) is 0.809. The predicted octanol–water partition coefficient (Wildman–Crippen LogP) is 3.56. The van der Waals surface area contributed by atoms with E-state index in [0.29, 0.717) is 25.7 Å². The maximum Gasteiger partial charge on any atom is 0.246 e. The zero-order valence-corrected chi connectivity index (χ0v) is 15.0. The number of para-hydroxylation sites is 1. The van der Waals surface area contributed by atoms with Crippen LogP contribution >= 0.6 is 0 Å². The molecule has 2 aromatic rings.